The Morgan fingerprint density at radius 1 is 0.812 bits per heavy atom. The quantitative estimate of drug-likeness (QED) is 0.163. The molecule has 1 heterocycles. The molecule has 252 valence electrons. The monoisotopic (exact) mass is 653 g/mol. The van der Waals surface area contributed by atoms with Crippen molar-refractivity contribution in [1.29, 1.82) is 0 Å². The number of anilines is 2. The molecule has 11 heteroatoms. The van der Waals surface area contributed by atoms with E-state index in [0.29, 0.717) is 29.8 Å². The standard InChI is InChI=1S/C37H43N5O6/c1-25(2)22-31(33(45)40-30(23-32(43)44)27-12-6-3-7-13-27)42-34(46)37(20-10-5-11-21-37)41(36(42)48)24-26-16-18-29(19-17-26)39-35(47)38-28-14-8-4-9-15-28/h3-4,6-9,12-19,25,30-31H,5,10-11,20-24H2,1-2H3,(H,40,45)(H,43,44)(H2,38,39,47)/t30-,31+/m0/s1. The average Bonchev–Trinajstić information content (AvgIpc) is 3.25. The number of urea groups is 2. The molecule has 0 unspecified atom stereocenters. The molecule has 1 saturated heterocycles. The molecule has 2 atom stereocenters. The van der Waals surface area contributed by atoms with Crippen LogP contribution in [-0.2, 0) is 20.9 Å². The molecule has 1 aliphatic heterocycles. The summed E-state index contributed by atoms with van der Waals surface area (Å²) in [7, 11) is 0. The van der Waals surface area contributed by atoms with Gasteiger partial charge in [0.2, 0.25) is 5.91 Å². The molecule has 6 amide bonds. The minimum atomic E-state index is -1.11. The molecular weight excluding hydrogens is 610 g/mol. The van der Waals surface area contributed by atoms with Gasteiger partial charge < -0.3 is 26.0 Å². The van der Waals surface area contributed by atoms with Crippen molar-refractivity contribution in [2.75, 3.05) is 10.6 Å². The number of carbonyl (C=O) groups excluding carboxylic acids is 4. The van der Waals surface area contributed by atoms with E-state index in [1.54, 1.807) is 59.5 Å². The molecule has 1 saturated carbocycles. The molecule has 1 spiro atoms. The van der Waals surface area contributed by atoms with Gasteiger partial charge in [-0.15, -0.1) is 0 Å². The third kappa shape index (κ3) is 7.84. The highest BCUT2D eigenvalue weighted by atomic mass is 16.4. The Labute approximate surface area is 280 Å². The molecule has 2 fully saturated rings. The second kappa shape index (κ2) is 15.1. The van der Waals surface area contributed by atoms with Gasteiger partial charge in [0.05, 0.1) is 12.5 Å². The molecule has 1 aliphatic carbocycles. The summed E-state index contributed by atoms with van der Waals surface area (Å²) < 4.78 is 0. The van der Waals surface area contributed by atoms with Crippen LogP contribution in [0.15, 0.2) is 84.9 Å². The van der Waals surface area contributed by atoms with E-state index in [1.807, 2.05) is 44.2 Å². The van der Waals surface area contributed by atoms with Gasteiger partial charge in [0.25, 0.3) is 5.91 Å². The lowest BCUT2D eigenvalue weighted by atomic mass is 9.80. The Bertz CT molecular complexity index is 1610. The number of rotatable bonds is 12. The van der Waals surface area contributed by atoms with Crippen LogP contribution in [0.5, 0.6) is 0 Å². The molecule has 0 radical (unpaired) electrons. The summed E-state index contributed by atoms with van der Waals surface area (Å²) in [4.78, 5) is 69.7. The van der Waals surface area contributed by atoms with Crippen molar-refractivity contribution in [1.82, 2.24) is 15.1 Å². The number of benzene rings is 3. The average molecular weight is 654 g/mol. The lowest BCUT2D eigenvalue weighted by Gasteiger charge is -2.38. The number of imide groups is 1. The van der Waals surface area contributed by atoms with Crippen molar-refractivity contribution in [3.63, 3.8) is 0 Å². The number of hydrogen-bond donors (Lipinski definition) is 4. The SMILES string of the molecule is CC(C)C[C@H](C(=O)N[C@@H](CC(=O)O)c1ccccc1)N1C(=O)N(Cc2ccc(NC(=O)Nc3ccccc3)cc2)C2(CCCCC2)C1=O. The van der Waals surface area contributed by atoms with E-state index in [0.717, 1.165) is 29.7 Å². The molecule has 48 heavy (non-hydrogen) atoms. The van der Waals surface area contributed by atoms with E-state index in [4.69, 9.17) is 0 Å². The number of aliphatic carboxylic acids is 1. The minimum Gasteiger partial charge on any atom is -0.481 e. The molecule has 0 bridgehead atoms. The van der Waals surface area contributed by atoms with Crippen molar-refractivity contribution in [2.45, 2.75) is 83.0 Å². The van der Waals surface area contributed by atoms with Crippen molar-refractivity contribution in [3.05, 3.63) is 96.1 Å². The predicted molar refractivity (Wildman–Crippen MR) is 182 cm³/mol. The summed E-state index contributed by atoms with van der Waals surface area (Å²) in [6.07, 6.45) is 3.38. The van der Waals surface area contributed by atoms with E-state index in [2.05, 4.69) is 16.0 Å². The Morgan fingerprint density at radius 2 is 1.40 bits per heavy atom. The van der Waals surface area contributed by atoms with Gasteiger partial charge >= 0.3 is 18.0 Å². The van der Waals surface area contributed by atoms with Crippen molar-refractivity contribution >= 4 is 41.2 Å². The first kappa shape index (κ1) is 34.2. The Balaban J connectivity index is 1.37. The van der Waals surface area contributed by atoms with Crippen LogP contribution in [0.2, 0.25) is 0 Å². The number of carboxylic acids is 1. The number of amides is 6. The van der Waals surface area contributed by atoms with Crippen LogP contribution in [-0.4, -0.2) is 56.3 Å². The Morgan fingerprint density at radius 3 is 1.98 bits per heavy atom. The lowest BCUT2D eigenvalue weighted by molar-refractivity contribution is -0.142. The van der Waals surface area contributed by atoms with Gasteiger partial charge in [-0.05, 0) is 60.6 Å². The summed E-state index contributed by atoms with van der Waals surface area (Å²) in [5.74, 6) is -2.05. The van der Waals surface area contributed by atoms with Gasteiger partial charge in [0.15, 0.2) is 0 Å². The van der Waals surface area contributed by atoms with Crippen LogP contribution >= 0.6 is 0 Å². The number of nitrogens with one attached hydrogen (secondary N) is 3. The van der Waals surface area contributed by atoms with Gasteiger partial charge in [0, 0.05) is 17.9 Å². The molecule has 2 aliphatic rings. The van der Waals surface area contributed by atoms with Gasteiger partial charge in [0.1, 0.15) is 11.6 Å². The fourth-order valence-electron chi connectivity index (χ4n) is 6.70. The Hall–Kier alpha value is -5.19. The third-order valence-corrected chi connectivity index (χ3v) is 9.04. The van der Waals surface area contributed by atoms with Gasteiger partial charge in [-0.3, -0.25) is 14.4 Å². The molecular formula is C37H43N5O6. The number of hydrogen-bond acceptors (Lipinski definition) is 5. The fraction of sp³-hybridized carbons (Fsp3) is 0.378. The van der Waals surface area contributed by atoms with Crippen molar-refractivity contribution in [2.24, 2.45) is 5.92 Å². The topological polar surface area (TPSA) is 148 Å². The molecule has 4 N–H and O–H groups in total. The van der Waals surface area contributed by atoms with Gasteiger partial charge in [-0.25, -0.2) is 14.5 Å². The zero-order valence-corrected chi connectivity index (χ0v) is 27.4. The number of nitrogens with zero attached hydrogens (tertiary/aromatic N) is 2. The van der Waals surface area contributed by atoms with Gasteiger partial charge in [-0.1, -0.05) is 93.8 Å². The molecule has 0 aromatic heterocycles. The summed E-state index contributed by atoms with van der Waals surface area (Å²) in [6.45, 7) is 3.99. The minimum absolute atomic E-state index is 0.0357. The molecule has 3 aromatic rings. The van der Waals surface area contributed by atoms with Gasteiger partial charge in [-0.2, -0.15) is 0 Å². The molecule has 5 rings (SSSR count). The fourth-order valence-corrected chi connectivity index (χ4v) is 6.70. The smallest absolute Gasteiger partial charge is 0.328 e. The lowest BCUT2D eigenvalue weighted by Crippen LogP contribution is -2.53. The largest absolute Gasteiger partial charge is 0.481 e. The number of carbonyl (C=O) groups is 5. The van der Waals surface area contributed by atoms with Crippen LogP contribution in [0.4, 0.5) is 21.0 Å². The second-order valence-corrected chi connectivity index (χ2v) is 13.0. The van der Waals surface area contributed by atoms with E-state index >= 15 is 0 Å². The predicted octanol–water partition coefficient (Wildman–Crippen LogP) is 6.54. The van der Waals surface area contributed by atoms with Crippen LogP contribution in [0.1, 0.15) is 76.0 Å². The summed E-state index contributed by atoms with van der Waals surface area (Å²) in [6, 6.07) is 22.2. The number of para-hydroxylation sites is 1. The number of carboxylic acid groups (broad SMARTS) is 1. The second-order valence-electron chi connectivity index (χ2n) is 13.0. The zero-order chi connectivity index (χ0) is 34.3. The highest BCUT2D eigenvalue weighted by Crippen LogP contribution is 2.43. The first-order chi connectivity index (χ1) is 23.1. The maximum Gasteiger partial charge on any atom is 0.328 e. The van der Waals surface area contributed by atoms with Crippen LogP contribution < -0.4 is 16.0 Å². The third-order valence-electron chi connectivity index (χ3n) is 9.04. The summed E-state index contributed by atoms with van der Waals surface area (Å²) in [5, 5.41) is 18.0. The normalized spacial score (nSPS) is 16.9. The first-order valence-corrected chi connectivity index (χ1v) is 16.5. The van der Waals surface area contributed by atoms with Crippen molar-refractivity contribution in [3.8, 4) is 0 Å². The maximum atomic E-state index is 14.4. The molecule has 11 nitrogen and oxygen atoms in total. The van der Waals surface area contributed by atoms with Crippen LogP contribution in [0, 0.1) is 5.92 Å². The van der Waals surface area contributed by atoms with Crippen LogP contribution in [0.3, 0.4) is 0 Å². The van der Waals surface area contributed by atoms with Crippen molar-refractivity contribution < 1.29 is 29.1 Å². The summed E-state index contributed by atoms with van der Waals surface area (Å²) >= 11 is 0. The van der Waals surface area contributed by atoms with Crippen LogP contribution in [0.25, 0.3) is 0 Å². The van der Waals surface area contributed by atoms with E-state index < -0.39 is 41.6 Å². The maximum absolute atomic E-state index is 14.4. The molecule has 3 aromatic carbocycles. The first-order valence-electron chi connectivity index (χ1n) is 16.5. The zero-order valence-electron chi connectivity index (χ0n) is 27.4. The van der Waals surface area contributed by atoms with E-state index in [1.165, 1.54) is 0 Å². The highest BCUT2D eigenvalue weighted by molar-refractivity contribution is 6.10. The highest BCUT2D eigenvalue weighted by Gasteiger charge is 2.59. The Kier molecular flexibility index (Phi) is 10.8. The summed E-state index contributed by atoms with van der Waals surface area (Å²) in [5.41, 5.74) is 1.54. The van der Waals surface area contributed by atoms with E-state index in [-0.39, 0.29) is 31.2 Å². The van der Waals surface area contributed by atoms with E-state index in [9.17, 15) is 29.1 Å².